The second-order valence-electron chi connectivity index (χ2n) is 8.84. The standard InChI is InChI=1S/C26H33N5O4/c1-34-16-15-30(24(32)18-31-23-14-7-6-13-22(23)28-29-31)25(19-9-8-12-21(17-19)35-2)26(33)27-20-10-4-3-5-11-20/h6-9,12-14,17,20,25H,3-5,10-11,15-16,18H2,1-2H3,(H,27,33)/t25-/m0/s1. The molecule has 1 atom stereocenters. The molecule has 35 heavy (non-hydrogen) atoms. The summed E-state index contributed by atoms with van der Waals surface area (Å²) in [4.78, 5) is 29.0. The summed E-state index contributed by atoms with van der Waals surface area (Å²) >= 11 is 0. The number of amides is 2. The molecule has 186 valence electrons. The van der Waals surface area contributed by atoms with Crippen molar-refractivity contribution in [1.82, 2.24) is 25.2 Å². The Hall–Kier alpha value is -3.46. The van der Waals surface area contributed by atoms with E-state index in [0.29, 0.717) is 23.4 Å². The first-order chi connectivity index (χ1) is 17.1. The number of carbonyl (C=O) groups is 2. The number of rotatable bonds is 10. The predicted octanol–water partition coefficient (Wildman–Crippen LogP) is 3.11. The minimum absolute atomic E-state index is 0.0403. The molecule has 1 saturated carbocycles. The molecule has 2 amide bonds. The number of hydrogen-bond acceptors (Lipinski definition) is 6. The molecule has 4 rings (SSSR count). The Morgan fingerprint density at radius 3 is 2.69 bits per heavy atom. The minimum Gasteiger partial charge on any atom is -0.497 e. The molecule has 1 aliphatic rings. The summed E-state index contributed by atoms with van der Waals surface area (Å²) in [6.45, 7) is 0.504. The van der Waals surface area contributed by atoms with Gasteiger partial charge in [-0.1, -0.05) is 48.7 Å². The van der Waals surface area contributed by atoms with E-state index in [1.165, 1.54) is 6.42 Å². The van der Waals surface area contributed by atoms with Gasteiger partial charge in [0.15, 0.2) is 0 Å². The molecule has 3 aromatic rings. The van der Waals surface area contributed by atoms with E-state index < -0.39 is 6.04 Å². The average Bonchev–Trinajstić information content (AvgIpc) is 3.29. The molecule has 1 aliphatic carbocycles. The van der Waals surface area contributed by atoms with Gasteiger partial charge >= 0.3 is 0 Å². The molecule has 0 radical (unpaired) electrons. The number of methoxy groups -OCH3 is 2. The number of para-hydroxylation sites is 1. The van der Waals surface area contributed by atoms with Crippen LogP contribution in [0.25, 0.3) is 11.0 Å². The van der Waals surface area contributed by atoms with Crippen LogP contribution >= 0.6 is 0 Å². The molecule has 0 bridgehead atoms. The number of carbonyl (C=O) groups excluding carboxylic acids is 2. The lowest BCUT2D eigenvalue weighted by atomic mass is 9.94. The van der Waals surface area contributed by atoms with E-state index in [-0.39, 0.29) is 30.9 Å². The third-order valence-corrected chi connectivity index (χ3v) is 6.48. The Kier molecular flexibility index (Phi) is 8.31. The Morgan fingerprint density at radius 2 is 1.91 bits per heavy atom. The smallest absolute Gasteiger partial charge is 0.247 e. The number of aromatic nitrogens is 3. The number of nitrogens with zero attached hydrogens (tertiary/aromatic N) is 4. The zero-order valence-electron chi connectivity index (χ0n) is 20.4. The molecule has 1 fully saturated rings. The molecular formula is C26H33N5O4. The maximum Gasteiger partial charge on any atom is 0.247 e. The van der Waals surface area contributed by atoms with Gasteiger partial charge in [-0.2, -0.15) is 0 Å². The van der Waals surface area contributed by atoms with Crippen LogP contribution in [-0.4, -0.2) is 65.1 Å². The summed E-state index contributed by atoms with van der Waals surface area (Å²) < 4.78 is 12.3. The van der Waals surface area contributed by atoms with Crippen molar-refractivity contribution in [2.45, 2.75) is 50.7 Å². The maximum atomic E-state index is 13.7. The van der Waals surface area contributed by atoms with Crippen molar-refractivity contribution in [1.29, 1.82) is 0 Å². The van der Waals surface area contributed by atoms with Crippen LogP contribution in [0, 0.1) is 0 Å². The Balaban J connectivity index is 1.66. The number of fused-ring (bicyclic) bond motifs is 1. The van der Waals surface area contributed by atoms with Crippen molar-refractivity contribution in [3.8, 4) is 5.75 Å². The normalized spacial score (nSPS) is 15.0. The van der Waals surface area contributed by atoms with Crippen LogP contribution in [0.5, 0.6) is 5.75 Å². The largest absolute Gasteiger partial charge is 0.497 e. The van der Waals surface area contributed by atoms with E-state index in [1.54, 1.807) is 23.8 Å². The van der Waals surface area contributed by atoms with Crippen molar-refractivity contribution >= 4 is 22.8 Å². The molecular weight excluding hydrogens is 446 g/mol. The Morgan fingerprint density at radius 1 is 1.11 bits per heavy atom. The third kappa shape index (κ3) is 5.97. The summed E-state index contributed by atoms with van der Waals surface area (Å²) in [6, 6.07) is 14.1. The second-order valence-corrected chi connectivity index (χ2v) is 8.84. The first-order valence-electron chi connectivity index (χ1n) is 12.1. The molecule has 0 aliphatic heterocycles. The van der Waals surface area contributed by atoms with Gasteiger partial charge < -0.3 is 19.7 Å². The van der Waals surface area contributed by atoms with Crippen molar-refractivity contribution in [3.05, 3.63) is 54.1 Å². The van der Waals surface area contributed by atoms with Gasteiger partial charge in [-0.15, -0.1) is 5.10 Å². The lowest BCUT2D eigenvalue weighted by Gasteiger charge is -2.33. The molecule has 0 saturated heterocycles. The topological polar surface area (TPSA) is 98.6 Å². The van der Waals surface area contributed by atoms with E-state index in [1.807, 2.05) is 48.5 Å². The predicted molar refractivity (Wildman–Crippen MR) is 132 cm³/mol. The zero-order chi connectivity index (χ0) is 24.6. The summed E-state index contributed by atoms with van der Waals surface area (Å²) in [5.74, 6) is 0.182. The summed E-state index contributed by atoms with van der Waals surface area (Å²) in [7, 11) is 3.16. The van der Waals surface area contributed by atoms with E-state index in [4.69, 9.17) is 9.47 Å². The van der Waals surface area contributed by atoms with Gasteiger partial charge in [0, 0.05) is 19.7 Å². The van der Waals surface area contributed by atoms with E-state index in [9.17, 15) is 9.59 Å². The SMILES string of the molecule is COCCN(C(=O)Cn1nnc2ccccc21)[C@H](C(=O)NC1CCCCC1)c1cccc(OC)c1. The maximum absolute atomic E-state index is 13.7. The van der Waals surface area contributed by atoms with Gasteiger partial charge in [0.2, 0.25) is 11.8 Å². The molecule has 9 heteroatoms. The van der Waals surface area contributed by atoms with E-state index >= 15 is 0 Å². The van der Waals surface area contributed by atoms with Crippen molar-refractivity contribution in [2.24, 2.45) is 0 Å². The number of benzene rings is 2. The van der Waals surface area contributed by atoms with Gasteiger partial charge in [-0.25, -0.2) is 4.68 Å². The highest BCUT2D eigenvalue weighted by molar-refractivity contribution is 5.89. The van der Waals surface area contributed by atoms with E-state index in [2.05, 4.69) is 15.6 Å². The second kappa shape index (κ2) is 11.8. The highest BCUT2D eigenvalue weighted by atomic mass is 16.5. The van der Waals surface area contributed by atoms with Crippen LogP contribution in [-0.2, 0) is 20.9 Å². The third-order valence-electron chi connectivity index (χ3n) is 6.48. The minimum atomic E-state index is -0.829. The molecule has 0 spiro atoms. The average molecular weight is 480 g/mol. The van der Waals surface area contributed by atoms with E-state index in [0.717, 1.165) is 31.2 Å². The Labute approximate surface area is 205 Å². The lowest BCUT2D eigenvalue weighted by molar-refractivity contribution is -0.142. The fraction of sp³-hybridized carbons (Fsp3) is 0.462. The zero-order valence-corrected chi connectivity index (χ0v) is 20.4. The highest BCUT2D eigenvalue weighted by Gasteiger charge is 2.33. The van der Waals surface area contributed by atoms with Crippen LogP contribution < -0.4 is 10.1 Å². The van der Waals surface area contributed by atoms with Crippen molar-refractivity contribution < 1.29 is 19.1 Å². The van der Waals surface area contributed by atoms with Crippen LogP contribution in [0.2, 0.25) is 0 Å². The molecule has 1 aromatic heterocycles. The molecule has 1 N–H and O–H groups in total. The molecule has 1 heterocycles. The van der Waals surface area contributed by atoms with Gasteiger partial charge in [0.05, 0.1) is 19.2 Å². The van der Waals surface area contributed by atoms with Gasteiger partial charge in [0.1, 0.15) is 23.9 Å². The summed E-state index contributed by atoms with van der Waals surface area (Å²) in [5, 5.41) is 11.5. The fourth-order valence-electron chi connectivity index (χ4n) is 4.65. The van der Waals surface area contributed by atoms with Crippen LogP contribution in [0.15, 0.2) is 48.5 Å². The number of hydrogen-bond donors (Lipinski definition) is 1. The molecule has 9 nitrogen and oxygen atoms in total. The van der Waals surface area contributed by atoms with Gasteiger partial charge in [0.25, 0.3) is 0 Å². The molecule has 2 aromatic carbocycles. The monoisotopic (exact) mass is 479 g/mol. The summed E-state index contributed by atoms with van der Waals surface area (Å²) in [5.41, 5.74) is 2.16. The van der Waals surface area contributed by atoms with Gasteiger partial charge in [-0.3, -0.25) is 9.59 Å². The first-order valence-corrected chi connectivity index (χ1v) is 12.1. The Bertz CT molecular complexity index is 1140. The molecule has 0 unspecified atom stereocenters. The van der Waals surface area contributed by atoms with Crippen LogP contribution in [0.1, 0.15) is 43.7 Å². The number of nitrogens with one attached hydrogen (secondary N) is 1. The lowest BCUT2D eigenvalue weighted by Crippen LogP contribution is -2.48. The van der Waals surface area contributed by atoms with Crippen LogP contribution in [0.3, 0.4) is 0 Å². The van der Waals surface area contributed by atoms with Crippen molar-refractivity contribution in [2.75, 3.05) is 27.4 Å². The van der Waals surface area contributed by atoms with Crippen molar-refractivity contribution in [3.63, 3.8) is 0 Å². The number of ether oxygens (including phenoxy) is 2. The fourth-order valence-corrected chi connectivity index (χ4v) is 4.65. The first kappa shape index (κ1) is 24.7. The van der Waals surface area contributed by atoms with Gasteiger partial charge in [-0.05, 0) is 42.7 Å². The van der Waals surface area contributed by atoms with Crippen LogP contribution in [0.4, 0.5) is 0 Å². The highest BCUT2D eigenvalue weighted by Crippen LogP contribution is 2.27. The quantitative estimate of drug-likeness (QED) is 0.480. The summed E-state index contributed by atoms with van der Waals surface area (Å²) in [6.07, 6.45) is 5.29.